The Morgan fingerprint density at radius 1 is 0.979 bits per heavy atom. The van der Waals surface area contributed by atoms with Gasteiger partial charge in [-0.15, -0.1) is 0 Å². The van der Waals surface area contributed by atoms with Crippen molar-refractivity contribution in [2.45, 2.75) is 102 Å². The van der Waals surface area contributed by atoms with Gasteiger partial charge in [0, 0.05) is 16.7 Å². The Balaban J connectivity index is 1.22. The summed E-state index contributed by atoms with van der Waals surface area (Å²) in [6.45, 7) is 6.36. The molecule has 6 rings (SSSR count). The number of aryl methyl sites for hydroxylation is 1. The highest BCUT2D eigenvalue weighted by Gasteiger charge is 2.47. The first-order valence-corrected chi connectivity index (χ1v) is 16.4. The second kappa shape index (κ2) is 14.3. The molecule has 1 saturated heterocycles. The van der Waals surface area contributed by atoms with E-state index in [1.807, 2.05) is 6.07 Å². The average Bonchev–Trinajstić information content (AvgIpc) is 3.67. The standard InChI is InChI=1S/C34H42O14/c1-4-5-6-7-17-9-18(47-48-33-28(39)27(38)24(45-34(33)40)14-41-26(37)12-25(35)36)10-21-29(17)42-13-22-19-11-23-32(44-15-43-23)20(8-16(2)3)30(19)46-31(21)22/h9-11,16,22,24,27-28,31,33-34,38-40H,4-8,12-15H2,1-3H3,(H,35,36)/t22-,24+,27+,28-,31+,33-,34+/m0/s1. The van der Waals surface area contributed by atoms with Crippen molar-refractivity contribution in [3.63, 3.8) is 0 Å². The third kappa shape index (κ3) is 6.85. The average molecular weight is 675 g/mol. The summed E-state index contributed by atoms with van der Waals surface area (Å²) in [4.78, 5) is 33.5. The van der Waals surface area contributed by atoms with Gasteiger partial charge in [-0.3, -0.25) is 9.59 Å². The maximum absolute atomic E-state index is 11.6. The number of hydrogen-bond acceptors (Lipinski definition) is 13. The first-order chi connectivity index (χ1) is 23.0. The topological polar surface area (TPSA) is 189 Å². The van der Waals surface area contributed by atoms with Crippen LogP contribution in [0.25, 0.3) is 0 Å². The highest BCUT2D eigenvalue weighted by atomic mass is 17.2. The molecule has 0 radical (unpaired) electrons. The van der Waals surface area contributed by atoms with E-state index >= 15 is 0 Å². The van der Waals surface area contributed by atoms with Gasteiger partial charge in [0.05, 0.1) is 12.5 Å². The molecule has 14 heteroatoms. The molecule has 7 atom stereocenters. The van der Waals surface area contributed by atoms with Crippen molar-refractivity contribution in [2.24, 2.45) is 5.92 Å². The number of aliphatic carboxylic acids is 1. The van der Waals surface area contributed by atoms with Gasteiger partial charge in [-0.1, -0.05) is 33.6 Å². The summed E-state index contributed by atoms with van der Waals surface area (Å²) in [6, 6.07) is 5.50. The summed E-state index contributed by atoms with van der Waals surface area (Å²) in [5, 5.41) is 40.7. The fourth-order valence-corrected chi connectivity index (χ4v) is 6.62. The van der Waals surface area contributed by atoms with Crippen molar-refractivity contribution < 1.29 is 68.2 Å². The van der Waals surface area contributed by atoms with Crippen molar-refractivity contribution in [3.8, 4) is 28.7 Å². The normalized spacial score (nSPS) is 26.6. The molecule has 2 aromatic rings. The number of carboxylic acid groups (broad SMARTS) is 1. The molecule has 0 aliphatic carbocycles. The zero-order valence-corrected chi connectivity index (χ0v) is 27.1. The number of carbonyl (C=O) groups excluding carboxylic acids is 1. The Labute approximate surface area is 277 Å². The molecule has 4 aliphatic heterocycles. The first-order valence-electron chi connectivity index (χ1n) is 16.4. The highest BCUT2D eigenvalue weighted by Crippen LogP contribution is 2.57. The number of aliphatic hydroxyl groups excluding tert-OH is 3. The molecule has 4 aliphatic rings. The van der Waals surface area contributed by atoms with E-state index in [4.69, 9.17) is 43.3 Å². The quantitative estimate of drug-likeness (QED) is 0.0798. The molecule has 14 nitrogen and oxygen atoms in total. The molecular weight excluding hydrogens is 632 g/mol. The smallest absolute Gasteiger partial charge is 0.317 e. The minimum atomic E-state index is -1.78. The number of carbonyl (C=O) groups is 2. The monoisotopic (exact) mass is 674 g/mol. The van der Waals surface area contributed by atoms with Gasteiger partial charge in [-0.2, -0.15) is 4.89 Å². The van der Waals surface area contributed by atoms with E-state index in [9.17, 15) is 24.9 Å². The van der Waals surface area contributed by atoms with Crippen LogP contribution in [0.15, 0.2) is 18.2 Å². The van der Waals surface area contributed by atoms with Crippen LogP contribution in [0.2, 0.25) is 0 Å². The number of carboxylic acids is 1. The molecule has 0 aromatic heterocycles. The third-order valence-electron chi connectivity index (χ3n) is 8.91. The lowest BCUT2D eigenvalue weighted by Crippen LogP contribution is -2.59. The van der Waals surface area contributed by atoms with E-state index in [0.29, 0.717) is 30.4 Å². The lowest BCUT2D eigenvalue weighted by Gasteiger charge is -2.39. The molecule has 262 valence electrons. The molecule has 1 fully saturated rings. The van der Waals surface area contributed by atoms with E-state index in [1.54, 1.807) is 12.1 Å². The van der Waals surface area contributed by atoms with Crippen LogP contribution in [0.5, 0.6) is 28.7 Å². The van der Waals surface area contributed by atoms with Crippen molar-refractivity contribution in [1.29, 1.82) is 0 Å². The van der Waals surface area contributed by atoms with E-state index in [1.165, 1.54) is 0 Å². The van der Waals surface area contributed by atoms with Crippen molar-refractivity contribution in [1.82, 2.24) is 0 Å². The molecule has 0 unspecified atom stereocenters. The van der Waals surface area contributed by atoms with Crippen molar-refractivity contribution in [2.75, 3.05) is 20.0 Å². The number of hydrogen-bond donors (Lipinski definition) is 4. The maximum atomic E-state index is 11.6. The predicted octanol–water partition coefficient (Wildman–Crippen LogP) is 3.09. The Morgan fingerprint density at radius 2 is 1.79 bits per heavy atom. The second-order valence-electron chi connectivity index (χ2n) is 13.0. The van der Waals surface area contributed by atoms with Crippen LogP contribution in [-0.2, 0) is 36.8 Å². The fraction of sp³-hybridized carbons (Fsp3) is 0.588. The van der Waals surface area contributed by atoms with Crippen LogP contribution in [0.3, 0.4) is 0 Å². The zero-order chi connectivity index (χ0) is 34.1. The minimum absolute atomic E-state index is 0.125. The molecule has 4 N–H and O–H groups in total. The first kappa shape index (κ1) is 34.1. The molecule has 0 bridgehead atoms. The number of aliphatic hydroxyl groups is 3. The number of rotatable bonds is 13. The summed E-state index contributed by atoms with van der Waals surface area (Å²) in [5.74, 6) is 0.931. The second-order valence-corrected chi connectivity index (χ2v) is 13.0. The van der Waals surface area contributed by atoms with Gasteiger partial charge in [0.15, 0.2) is 29.6 Å². The van der Waals surface area contributed by atoms with Crippen LogP contribution in [0.4, 0.5) is 0 Å². The molecule has 4 heterocycles. The van der Waals surface area contributed by atoms with Crippen molar-refractivity contribution >= 4 is 11.9 Å². The number of unbranched alkanes of at least 4 members (excludes halogenated alkanes) is 2. The molecule has 48 heavy (non-hydrogen) atoms. The van der Waals surface area contributed by atoms with Crippen LogP contribution in [0, 0.1) is 5.92 Å². The van der Waals surface area contributed by atoms with Gasteiger partial charge >= 0.3 is 11.9 Å². The number of benzene rings is 2. The van der Waals surface area contributed by atoms with E-state index in [-0.39, 0.29) is 18.5 Å². The Morgan fingerprint density at radius 3 is 2.54 bits per heavy atom. The van der Waals surface area contributed by atoms with Gasteiger partial charge in [0.1, 0.15) is 48.9 Å². The molecular formula is C34H42O14. The Kier molecular flexibility index (Phi) is 10.2. The maximum Gasteiger partial charge on any atom is 0.317 e. The minimum Gasteiger partial charge on any atom is -0.492 e. The summed E-state index contributed by atoms with van der Waals surface area (Å²) < 4.78 is 34.9. The molecule has 0 amide bonds. The van der Waals surface area contributed by atoms with Gasteiger partial charge in [0.2, 0.25) is 6.79 Å². The SMILES string of the molecule is CCCCCc1cc(OO[C@H]2[C@@H](O)[C@H](O)[C@@H](COC(=O)CC(=O)O)O[C@H]2O)cc2c1OC[C@H]1c3cc4c(c(CC(C)C)c3O[C@H]21)OCO4. The number of ether oxygens (including phenoxy) is 6. The Hall–Kier alpha value is -3.82. The number of fused-ring (bicyclic) bond motifs is 6. The van der Waals surface area contributed by atoms with Gasteiger partial charge in [0.25, 0.3) is 0 Å². The van der Waals surface area contributed by atoms with Gasteiger partial charge in [-0.25, -0.2) is 0 Å². The van der Waals surface area contributed by atoms with Gasteiger partial charge < -0.3 is 53.7 Å². The summed E-state index contributed by atoms with van der Waals surface area (Å²) in [7, 11) is 0. The third-order valence-corrected chi connectivity index (χ3v) is 8.91. The summed E-state index contributed by atoms with van der Waals surface area (Å²) in [6.07, 6.45) is -4.91. The van der Waals surface area contributed by atoms with Crippen LogP contribution >= 0.6 is 0 Å². The van der Waals surface area contributed by atoms with Crippen LogP contribution in [0.1, 0.15) is 80.7 Å². The zero-order valence-electron chi connectivity index (χ0n) is 27.1. The van der Waals surface area contributed by atoms with Gasteiger partial charge in [-0.05, 0) is 48.9 Å². The van der Waals surface area contributed by atoms with E-state index in [2.05, 4.69) is 20.8 Å². The van der Waals surface area contributed by atoms with E-state index < -0.39 is 61.8 Å². The summed E-state index contributed by atoms with van der Waals surface area (Å²) in [5.41, 5.74) is 3.61. The number of esters is 1. The van der Waals surface area contributed by atoms with Crippen LogP contribution in [-0.4, -0.2) is 83.1 Å². The molecule has 2 aromatic carbocycles. The van der Waals surface area contributed by atoms with E-state index in [0.717, 1.165) is 59.4 Å². The lowest BCUT2D eigenvalue weighted by atomic mass is 9.86. The lowest BCUT2D eigenvalue weighted by molar-refractivity contribution is -0.365. The van der Waals surface area contributed by atoms with Crippen molar-refractivity contribution in [3.05, 3.63) is 40.5 Å². The summed E-state index contributed by atoms with van der Waals surface area (Å²) >= 11 is 0. The highest BCUT2D eigenvalue weighted by molar-refractivity contribution is 5.90. The molecule has 0 saturated carbocycles. The largest absolute Gasteiger partial charge is 0.492 e. The predicted molar refractivity (Wildman–Crippen MR) is 164 cm³/mol. The van der Waals surface area contributed by atoms with Crippen LogP contribution < -0.4 is 23.8 Å². The Bertz CT molecular complexity index is 1510. The fourth-order valence-electron chi connectivity index (χ4n) is 6.62. The molecule has 0 spiro atoms.